The van der Waals surface area contributed by atoms with E-state index in [1.54, 1.807) is 6.20 Å². The number of carbonyl (C=O) groups is 2. The first-order valence-electron chi connectivity index (χ1n) is 6.28. The molecule has 1 rings (SSSR count). The number of hydrogen-bond acceptors (Lipinski definition) is 4. The second kappa shape index (κ2) is 6.89. The van der Waals surface area contributed by atoms with Crippen LogP contribution in [-0.4, -0.2) is 33.9 Å². The molecule has 0 bridgehead atoms. The highest BCUT2D eigenvalue weighted by atomic mass is 16.2. The van der Waals surface area contributed by atoms with Gasteiger partial charge in [0.1, 0.15) is 6.04 Å². The van der Waals surface area contributed by atoms with Crippen molar-refractivity contribution in [3.63, 3.8) is 0 Å². The minimum absolute atomic E-state index is 0.0423. The molecule has 0 saturated carbocycles. The lowest BCUT2D eigenvalue weighted by molar-refractivity contribution is -0.128. The summed E-state index contributed by atoms with van der Waals surface area (Å²) in [5, 5.41) is 2.58. The molecule has 7 heteroatoms. The van der Waals surface area contributed by atoms with Crippen LogP contribution in [0.2, 0.25) is 0 Å². The van der Waals surface area contributed by atoms with Gasteiger partial charge < -0.3 is 21.8 Å². The molecule has 0 saturated heterocycles. The Morgan fingerprint density at radius 3 is 2.68 bits per heavy atom. The maximum Gasteiger partial charge on any atom is 0.240 e. The van der Waals surface area contributed by atoms with Crippen molar-refractivity contribution in [1.82, 2.24) is 15.3 Å². The van der Waals surface area contributed by atoms with Gasteiger partial charge in [0, 0.05) is 18.3 Å². The average molecular weight is 267 g/mol. The molecule has 6 N–H and O–H groups in total. The molecule has 1 aromatic rings. The normalized spacial score (nSPS) is 15.5. The van der Waals surface area contributed by atoms with Gasteiger partial charge in [-0.15, -0.1) is 0 Å². The Morgan fingerprint density at radius 2 is 2.21 bits per heavy atom. The molecule has 0 unspecified atom stereocenters. The van der Waals surface area contributed by atoms with E-state index < -0.39 is 18.0 Å². The molecule has 0 aliphatic rings. The Morgan fingerprint density at radius 1 is 1.53 bits per heavy atom. The number of H-pyrrole nitrogens is 1. The molecule has 0 aliphatic carbocycles. The van der Waals surface area contributed by atoms with E-state index in [1.165, 1.54) is 6.33 Å². The first-order valence-corrected chi connectivity index (χ1v) is 6.28. The van der Waals surface area contributed by atoms with E-state index >= 15 is 0 Å². The van der Waals surface area contributed by atoms with Crippen LogP contribution in [0.5, 0.6) is 0 Å². The summed E-state index contributed by atoms with van der Waals surface area (Å²) in [6, 6.07) is -1.43. The SMILES string of the molecule is CC[C@H](C)[C@H](N)C(=O)N[C@@H](Cc1cnc[nH]1)C(N)=O. The van der Waals surface area contributed by atoms with E-state index in [0.29, 0.717) is 0 Å². The maximum absolute atomic E-state index is 11.9. The molecule has 0 aromatic carbocycles. The molecule has 106 valence electrons. The van der Waals surface area contributed by atoms with Crippen LogP contribution in [0.4, 0.5) is 0 Å². The molecule has 7 nitrogen and oxygen atoms in total. The number of nitrogens with zero attached hydrogens (tertiary/aromatic N) is 1. The summed E-state index contributed by atoms with van der Waals surface area (Å²) in [7, 11) is 0. The maximum atomic E-state index is 11.9. The number of primary amides is 1. The lowest BCUT2D eigenvalue weighted by Gasteiger charge is -2.21. The highest BCUT2D eigenvalue weighted by Crippen LogP contribution is 2.06. The van der Waals surface area contributed by atoms with Crippen LogP contribution < -0.4 is 16.8 Å². The summed E-state index contributed by atoms with van der Waals surface area (Å²) in [5.41, 5.74) is 11.8. The summed E-state index contributed by atoms with van der Waals surface area (Å²) >= 11 is 0. The second-order valence-electron chi connectivity index (χ2n) is 4.66. The smallest absolute Gasteiger partial charge is 0.240 e. The summed E-state index contributed by atoms with van der Waals surface area (Å²) in [6.07, 6.45) is 4.14. The zero-order valence-corrected chi connectivity index (χ0v) is 11.2. The van der Waals surface area contributed by atoms with Crippen molar-refractivity contribution < 1.29 is 9.59 Å². The average Bonchev–Trinajstić information content (AvgIpc) is 2.88. The van der Waals surface area contributed by atoms with Crippen LogP contribution >= 0.6 is 0 Å². The van der Waals surface area contributed by atoms with Crippen molar-refractivity contribution in [2.75, 3.05) is 0 Å². The molecule has 1 aromatic heterocycles. The molecule has 2 amide bonds. The van der Waals surface area contributed by atoms with Gasteiger partial charge in [-0.1, -0.05) is 20.3 Å². The van der Waals surface area contributed by atoms with Gasteiger partial charge in [0.15, 0.2) is 0 Å². The highest BCUT2D eigenvalue weighted by molar-refractivity contribution is 5.89. The van der Waals surface area contributed by atoms with Crippen LogP contribution in [0.15, 0.2) is 12.5 Å². The summed E-state index contributed by atoms with van der Waals surface area (Å²) in [6.45, 7) is 3.84. The third-order valence-electron chi connectivity index (χ3n) is 3.20. The number of nitrogens with one attached hydrogen (secondary N) is 2. The van der Waals surface area contributed by atoms with Gasteiger partial charge in [-0.05, 0) is 5.92 Å². The zero-order chi connectivity index (χ0) is 14.4. The largest absolute Gasteiger partial charge is 0.368 e. The molecule has 1 heterocycles. The number of rotatable bonds is 7. The van der Waals surface area contributed by atoms with Crippen molar-refractivity contribution >= 4 is 11.8 Å². The van der Waals surface area contributed by atoms with Crippen molar-refractivity contribution in [3.05, 3.63) is 18.2 Å². The van der Waals surface area contributed by atoms with Crippen molar-refractivity contribution in [2.45, 2.75) is 38.8 Å². The number of imidazole rings is 1. The zero-order valence-electron chi connectivity index (χ0n) is 11.2. The van der Waals surface area contributed by atoms with Crippen molar-refractivity contribution in [3.8, 4) is 0 Å². The molecule has 0 radical (unpaired) electrons. The molecule has 0 aliphatic heterocycles. The van der Waals surface area contributed by atoms with Gasteiger partial charge in [-0.3, -0.25) is 9.59 Å². The topological polar surface area (TPSA) is 127 Å². The third-order valence-corrected chi connectivity index (χ3v) is 3.20. The minimum Gasteiger partial charge on any atom is -0.368 e. The van der Waals surface area contributed by atoms with E-state index in [9.17, 15) is 9.59 Å². The van der Waals surface area contributed by atoms with Gasteiger partial charge in [-0.2, -0.15) is 0 Å². The Kier molecular flexibility index (Phi) is 5.50. The van der Waals surface area contributed by atoms with Gasteiger partial charge >= 0.3 is 0 Å². The quantitative estimate of drug-likeness (QED) is 0.520. The van der Waals surface area contributed by atoms with E-state index in [1.807, 2.05) is 13.8 Å². The van der Waals surface area contributed by atoms with Crippen molar-refractivity contribution in [2.24, 2.45) is 17.4 Å². The Hall–Kier alpha value is -1.89. The van der Waals surface area contributed by atoms with E-state index in [0.717, 1.165) is 12.1 Å². The second-order valence-corrected chi connectivity index (χ2v) is 4.66. The van der Waals surface area contributed by atoms with Gasteiger partial charge in [0.25, 0.3) is 0 Å². The fourth-order valence-electron chi connectivity index (χ4n) is 1.62. The first-order chi connectivity index (χ1) is 8.95. The standard InChI is InChI=1S/C12H21N5O2/c1-3-7(2)10(13)12(19)17-9(11(14)18)4-8-5-15-6-16-8/h5-7,9-10H,3-4,13H2,1-2H3,(H2,14,18)(H,15,16)(H,17,19)/t7-,9-,10-/m0/s1. The van der Waals surface area contributed by atoms with E-state index in [4.69, 9.17) is 11.5 Å². The highest BCUT2D eigenvalue weighted by Gasteiger charge is 2.25. The lowest BCUT2D eigenvalue weighted by atomic mass is 9.99. The van der Waals surface area contributed by atoms with E-state index in [-0.39, 0.29) is 18.2 Å². The van der Waals surface area contributed by atoms with Crippen molar-refractivity contribution in [1.29, 1.82) is 0 Å². The van der Waals surface area contributed by atoms with Crippen LogP contribution in [0.3, 0.4) is 0 Å². The predicted octanol–water partition coefficient (Wildman–Crippen LogP) is -0.704. The summed E-state index contributed by atoms with van der Waals surface area (Å²) < 4.78 is 0. The minimum atomic E-state index is -0.789. The number of nitrogens with two attached hydrogens (primary N) is 2. The third kappa shape index (κ3) is 4.36. The Balaban J connectivity index is 2.63. The Labute approximate surface area is 112 Å². The molecular formula is C12H21N5O2. The van der Waals surface area contributed by atoms with Crippen LogP contribution in [0, 0.1) is 5.92 Å². The summed E-state index contributed by atoms with van der Waals surface area (Å²) in [4.78, 5) is 30.0. The van der Waals surface area contributed by atoms with Crippen LogP contribution in [0.25, 0.3) is 0 Å². The number of amides is 2. The number of aromatic nitrogens is 2. The molecule has 19 heavy (non-hydrogen) atoms. The van der Waals surface area contributed by atoms with Crippen LogP contribution in [0.1, 0.15) is 26.0 Å². The number of carbonyl (C=O) groups excluding carboxylic acids is 2. The fraction of sp³-hybridized carbons (Fsp3) is 0.583. The lowest BCUT2D eigenvalue weighted by Crippen LogP contribution is -2.53. The molecule has 3 atom stereocenters. The monoisotopic (exact) mass is 267 g/mol. The molecule has 0 fully saturated rings. The van der Waals surface area contributed by atoms with Gasteiger partial charge in [0.2, 0.25) is 11.8 Å². The van der Waals surface area contributed by atoms with Gasteiger partial charge in [0.05, 0.1) is 12.4 Å². The Bertz CT molecular complexity index is 418. The summed E-state index contributed by atoms with van der Waals surface area (Å²) in [5.74, 6) is -0.919. The first kappa shape index (κ1) is 15.2. The number of hydrogen-bond donors (Lipinski definition) is 4. The molecular weight excluding hydrogens is 246 g/mol. The van der Waals surface area contributed by atoms with Crippen LogP contribution in [-0.2, 0) is 16.0 Å². The van der Waals surface area contributed by atoms with Gasteiger partial charge in [-0.25, -0.2) is 4.98 Å². The fourth-order valence-corrected chi connectivity index (χ4v) is 1.62. The van der Waals surface area contributed by atoms with E-state index in [2.05, 4.69) is 15.3 Å². The predicted molar refractivity (Wildman–Crippen MR) is 70.8 cm³/mol. The molecule has 0 spiro atoms. The number of aromatic amines is 1.